The van der Waals surface area contributed by atoms with Gasteiger partial charge in [0.2, 0.25) is 0 Å². The Morgan fingerprint density at radius 2 is 2.46 bits per heavy atom. The van der Waals surface area contributed by atoms with Gasteiger partial charge in [0, 0.05) is 13.5 Å². The standard InChI is InChI=1S/C10H15NO2/c1-8(13-2)6-10(7-11)5-3-4-9(10)12/h8H,3-6H2,1-2H3. The lowest BCUT2D eigenvalue weighted by Crippen LogP contribution is -2.28. The molecule has 0 aliphatic heterocycles. The molecule has 0 aromatic carbocycles. The fourth-order valence-corrected chi connectivity index (χ4v) is 1.88. The molecular weight excluding hydrogens is 166 g/mol. The van der Waals surface area contributed by atoms with Gasteiger partial charge in [0.15, 0.2) is 5.78 Å². The Bertz CT molecular complexity index is 244. The monoisotopic (exact) mass is 181 g/mol. The van der Waals surface area contributed by atoms with Gasteiger partial charge in [-0.1, -0.05) is 0 Å². The lowest BCUT2D eigenvalue weighted by atomic mass is 9.81. The fourth-order valence-electron chi connectivity index (χ4n) is 1.88. The maximum absolute atomic E-state index is 11.5. The Kier molecular flexibility index (Phi) is 3.05. The molecule has 0 heterocycles. The minimum Gasteiger partial charge on any atom is -0.382 e. The molecule has 0 aromatic rings. The van der Waals surface area contributed by atoms with Gasteiger partial charge in [0.1, 0.15) is 5.41 Å². The first-order valence-electron chi connectivity index (χ1n) is 4.62. The van der Waals surface area contributed by atoms with Crippen LogP contribution in [0.5, 0.6) is 0 Å². The molecule has 2 unspecified atom stereocenters. The van der Waals surface area contributed by atoms with Crippen molar-refractivity contribution in [2.75, 3.05) is 7.11 Å². The molecule has 0 amide bonds. The van der Waals surface area contributed by atoms with Crippen LogP contribution in [0.25, 0.3) is 0 Å². The summed E-state index contributed by atoms with van der Waals surface area (Å²) in [5, 5.41) is 9.00. The van der Waals surface area contributed by atoms with Crippen LogP contribution in [0.1, 0.15) is 32.6 Å². The first-order valence-corrected chi connectivity index (χ1v) is 4.62. The van der Waals surface area contributed by atoms with Crippen molar-refractivity contribution in [2.45, 2.75) is 38.7 Å². The minimum atomic E-state index is -0.741. The first kappa shape index (κ1) is 10.2. The van der Waals surface area contributed by atoms with Crippen LogP contribution in [0.2, 0.25) is 0 Å². The van der Waals surface area contributed by atoms with Crippen LogP contribution in [0, 0.1) is 16.7 Å². The maximum Gasteiger partial charge on any atom is 0.153 e. The molecule has 1 aliphatic rings. The predicted octanol–water partition coefficient (Wildman–Crippen LogP) is 1.67. The van der Waals surface area contributed by atoms with Crippen LogP contribution in [0.3, 0.4) is 0 Å². The molecule has 0 N–H and O–H groups in total. The van der Waals surface area contributed by atoms with Gasteiger partial charge in [-0.15, -0.1) is 0 Å². The van der Waals surface area contributed by atoms with Gasteiger partial charge in [0.05, 0.1) is 12.2 Å². The largest absolute Gasteiger partial charge is 0.382 e. The first-order chi connectivity index (χ1) is 6.14. The second-order valence-electron chi connectivity index (χ2n) is 3.72. The van der Waals surface area contributed by atoms with E-state index in [-0.39, 0.29) is 11.9 Å². The zero-order valence-electron chi connectivity index (χ0n) is 8.17. The number of carbonyl (C=O) groups is 1. The average Bonchev–Trinajstić information content (AvgIpc) is 2.48. The van der Waals surface area contributed by atoms with Gasteiger partial charge >= 0.3 is 0 Å². The molecule has 1 fully saturated rings. The van der Waals surface area contributed by atoms with Crippen molar-refractivity contribution < 1.29 is 9.53 Å². The van der Waals surface area contributed by atoms with E-state index in [0.717, 1.165) is 6.42 Å². The normalized spacial score (nSPS) is 30.1. The lowest BCUT2D eigenvalue weighted by molar-refractivity contribution is -0.124. The molecule has 1 aliphatic carbocycles. The van der Waals surface area contributed by atoms with Crippen LogP contribution >= 0.6 is 0 Å². The van der Waals surface area contributed by atoms with Gasteiger partial charge in [-0.2, -0.15) is 5.26 Å². The number of ketones is 1. The van der Waals surface area contributed by atoms with Crippen LogP contribution in [-0.4, -0.2) is 19.0 Å². The number of nitrogens with zero attached hydrogens (tertiary/aromatic N) is 1. The number of ether oxygens (including phenoxy) is 1. The van der Waals surface area contributed by atoms with Crippen LogP contribution in [-0.2, 0) is 9.53 Å². The Morgan fingerprint density at radius 3 is 2.85 bits per heavy atom. The van der Waals surface area contributed by atoms with E-state index in [1.54, 1.807) is 7.11 Å². The second-order valence-corrected chi connectivity index (χ2v) is 3.72. The van der Waals surface area contributed by atoms with Crippen LogP contribution < -0.4 is 0 Å². The van der Waals surface area contributed by atoms with Crippen molar-refractivity contribution in [1.29, 1.82) is 5.26 Å². The molecule has 72 valence electrons. The number of hydrogen-bond donors (Lipinski definition) is 0. The maximum atomic E-state index is 11.5. The number of carbonyl (C=O) groups excluding carboxylic acids is 1. The molecule has 0 bridgehead atoms. The van der Waals surface area contributed by atoms with E-state index in [9.17, 15) is 4.79 Å². The zero-order valence-corrected chi connectivity index (χ0v) is 8.17. The summed E-state index contributed by atoms with van der Waals surface area (Å²) in [5.74, 6) is 0.0962. The van der Waals surface area contributed by atoms with E-state index >= 15 is 0 Å². The van der Waals surface area contributed by atoms with Crippen molar-refractivity contribution in [3.05, 3.63) is 0 Å². The third kappa shape index (κ3) is 1.89. The molecule has 3 nitrogen and oxygen atoms in total. The van der Waals surface area contributed by atoms with Crippen molar-refractivity contribution in [2.24, 2.45) is 5.41 Å². The molecule has 0 aromatic heterocycles. The number of rotatable bonds is 3. The van der Waals surface area contributed by atoms with Gasteiger partial charge in [-0.25, -0.2) is 0 Å². The van der Waals surface area contributed by atoms with E-state index in [1.165, 1.54) is 0 Å². The number of Topliss-reactive ketones (excluding diaryl/α,β-unsaturated/α-hetero) is 1. The van der Waals surface area contributed by atoms with Gasteiger partial charge in [-0.3, -0.25) is 4.79 Å². The molecule has 0 radical (unpaired) electrons. The van der Waals surface area contributed by atoms with Crippen molar-refractivity contribution in [3.63, 3.8) is 0 Å². The zero-order chi connectivity index (χ0) is 9.90. The lowest BCUT2D eigenvalue weighted by Gasteiger charge is -2.21. The molecule has 1 saturated carbocycles. The van der Waals surface area contributed by atoms with Gasteiger partial charge < -0.3 is 4.74 Å². The highest BCUT2D eigenvalue weighted by Crippen LogP contribution is 2.38. The molecule has 1 rings (SSSR count). The Balaban J connectivity index is 2.71. The van der Waals surface area contributed by atoms with E-state index in [1.807, 2.05) is 6.92 Å². The quantitative estimate of drug-likeness (QED) is 0.665. The summed E-state index contributed by atoms with van der Waals surface area (Å²) in [7, 11) is 1.61. The highest BCUT2D eigenvalue weighted by Gasteiger charge is 2.43. The smallest absolute Gasteiger partial charge is 0.153 e. The summed E-state index contributed by atoms with van der Waals surface area (Å²) in [6, 6.07) is 2.16. The van der Waals surface area contributed by atoms with Crippen molar-refractivity contribution in [1.82, 2.24) is 0 Å². The number of methoxy groups -OCH3 is 1. The molecule has 2 atom stereocenters. The highest BCUT2D eigenvalue weighted by atomic mass is 16.5. The highest BCUT2D eigenvalue weighted by molar-refractivity contribution is 5.89. The summed E-state index contributed by atoms with van der Waals surface area (Å²) in [6.07, 6.45) is 2.64. The Hall–Kier alpha value is -0.880. The van der Waals surface area contributed by atoms with Crippen molar-refractivity contribution in [3.8, 4) is 6.07 Å². The molecular formula is C10H15NO2. The SMILES string of the molecule is COC(C)CC1(C#N)CCCC1=O. The Labute approximate surface area is 78.7 Å². The summed E-state index contributed by atoms with van der Waals surface area (Å²) in [6.45, 7) is 1.89. The topological polar surface area (TPSA) is 50.1 Å². The molecule has 3 heteroatoms. The van der Waals surface area contributed by atoms with E-state index in [0.29, 0.717) is 19.3 Å². The Morgan fingerprint density at radius 1 is 1.77 bits per heavy atom. The van der Waals surface area contributed by atoms with E-state index in [4.69, 9.17) is 10.00 Å². The number of nitriles is 1. The number of hydrogen-bond acceptors (Lipinski definition) is 3. The van der Waals surface area contributed by atoms with Crippen LogP contribution in [0.4, 0.5) is 0 Å². The second kappa shape index (κ2) is 3.89. The molecule has 0 spiro atoms. The third-order valence-electron chi connectivity index (χ3n) is 2.79. The minimum absolute atomic E-state index is 0.0123. The summed E-state index contributed by atoms with van der Waals surface area (Å²) >= 11 is 0. The summed E-state index contributed by atoms with van der Waals surface area (Å²) in [5.41, 5.74) is -0.741. The van der Waals surface area contributed by atoms with Gasteiger partial charge in [0.25, 0.3) is 0 Å². The van der Waals surface area contributed by atoms with Gasteiger partial charge in [-0.05, 0) is 26.2 Å². The third-order valence-corrected chi connectivity index (χ3v) is 2.79. The average molecular weight is 181 g/mol. The van der Waals surface area contributed by atoms with E-state index in [2.05, 4.69) is 6.07 Å². The van der Waals surface area contributed by atoms with Crippen LogP contribution in [0.15, 0.2) is 0 Å². The summed E-state index contributed by atoms with van der Waals surface area (Å²) in [4.78, 5) is 11.5. The predicted molar refractivity (Wildman–Crippen MR) is 48.0 cm³/mol. The molecule has 0 saturated heterocycles. The molecule has 13 heavy (non-hydrogen) atoms. The summed E-state index contributed by atoms with van der Waals surface area (Å²) < 4.78 is 5.08. The van der Waals surface area contributed by atoms with Crippen molar-refractivity contribution >= 4 is 5.78 Å². The fraction of sp³-hybridized carbons (Fsp3) is 0.800. The van der Waals surface area contributed by atoms with E-state index < -0.39 is 5.41 Å².